The average Bonchev–Trinajstić information content (AvgIpc) is 2.22. The van der Waals surface area contributed by atoms with E-state index in [0.717, 1.165) is 32.5 Å². The van der Waals surface area contributed by atoms with Gasteiger partial charge in [-0.1, -0.05) is 6.92 Å². The number of rotatable bonds is 9. The maximum atomic E-state index is 11.4. The van der Waals surface area contributed by atoms with Crippen molar-refractivity contribution in [1.29, 1.82) is 0 Å². The van der Waals surface area contributed by atoms with Gasteiger partial charge in [-0.05, 0) is 47.0 Å². The molecule has 0 saturated carbocycles. The number of carbonyl (C=O) groups is 1. The van der Waals surface area contributed by atoms with Crippen molar-refractivity contribution >= 4 is 5.91 Å². The van der Waals surface area contributed by atoms with Crippen LogP contribution in [-0.4, -0.2) is 50.6 Å². The van der Waals surface area contributed by atoms with Crippen LogP contribution in [0.15, 0.2) is 0 Å². The first-order valence-electron chi connectivity index (χ1n) is 6.21. The smallest absolute Gasteiger partial charge is 0.221 e. The van der Waals surface area contributed by atoms with Crippen LogP contribution in [0.1, 0.15) is 33.1 Å². The Labute approximate surface area is 99.8 Å². The van der Waals surface area contributed by atoms with E-state index in [-0.39, 0.29) is 5.91 Å². The summed E-state index contributed by atoms with van der Waals surface area (Å²) in [6.07, 6.45) is 2.69. The first-order valence-corrected chi connectivity index (χ1v) is 6.21. The fourth-order valence-corrected chi connectivity index (χ4v) is 1.30. The van der Waals surface area contributed by atoms with Crippen LogP contribution < -0.4 is 10.6 Å². The van der Waals surface area contributed by atoms with Gasteiger partial charge in [-0.3, -0.25) is 4.79 Å². The summed E-state index contributed by atoms with van der Waals surface area (Å²) in [7, 11) is 4.14. The fourth-order valence-electron chi connectivity index (χ4n) is 1.30. The molecule has 16 heavy (non-hydrogen) atoms. The lowest BCUT2D eigenvalue weighted by Crippen LogP contribution is -2.34. The van der Waals surface area contributed by atoms with Crippen molar-refractivity contribution in [2.45, 2.75) is 39.2 Å². The first kappa shape index (κ1) is 15.4. The van der Waals surface area contributed by atoms with Crippen LogP contribution in [0.25, 0.3) is 0 Å². The van der Waals surface area contributed by atoms with E-state index in [2.05, 4.69) is 36.6 Å². The lowest BCUT2D eigenvalue weighted by atomic mass is 10.2. The second-order valence-corrected chi connectivity index (χ2v) is 4.53. The van der Waals surface area contributed by atoms with Crippen molar-refractivity contribution in [2.24, 2.45) is 0 Å². The molecule has 4 heteroatoms. The molecule has 0 rings (SSSR count). The summed E-state index contributed by atoms with van der Waals surface area (Å²) < 4.78 is 0. The molecule has 1 unspecified atom stereocenters. The molecule has 0 spiro atoms. The van der Waals surface area contributed by atoms with Gasteiger partial charge in [0.2, 0.25) is 5.91 Å². The van der Waals surface area contributed by atoms with Crippen LogP contribution in [-0.2, 0) is 4.79 Å². The summed E-state index contributed by atoms with van der Waals surface area (Å²) in [5, 5.41) is 6.23. The Morgan fingerprint density at radius 1 is 1.31 bits per heavy atom. The van der Waals surface area contributed by atoms with E-state index in [0.29, 0.717) is 12.5 Å². The van der Waals surface area contributed by atoms with Crippen LogP contribution in [0.2, 0.25) is 0 Å². The normalized spacial score (nSPS) is 12.8. The van der Waals surface area contributed by atoms with Gasteiger partial charge in [-0.2, -0.15) is 0 Å². The Morgan fingerprint density at radius 3 is 2.56 bits per heavy atom. The summed E-state index contributed by atoms with van der Waals surface area (Å²) in [4.78, 5) is 13.6. The number of hydrogen-bond donors (Lipinski definition) is 2. The van der Waals surface area contributed by atoms with Crippen LogP contribution >= 0.6 is 0 Å². The van der Waals surface area contributed by atoms with E-state index in [4.69, 9.17) is 0 Å². The molecule has 1 amide bonds. The van der Waals surface area contributed by atoms with Gasteiger partial charge in [-0.15, -0.1) is 0 Å². The predicted molar refractivity (Wildman–Crippen MR) is 68.6 cm³/mol. The molecule has 0 bridgehead atoms. The summed E-state index contributed by atoms with van der Waals surface area (Å²) in [5.74, 6) is 0.148. The molecule has 4 nitrogen and oxygen atoms in total. The maximum Gasteiger partial charge on any atom is 0.221 e. The number of hydrogen-bond acceptors (Lipinski definition) is 3. The van der Waals surface area contributed by atoms with Gasteiger partial charge in [0.05, 0.1) is 0 Å². The zero-order chi connectivity index (χ0) is 12.4. The first-order chi connectivity index (χ1) is 7.56. The lowest BCUT2D eigenvalue weighted by molar-refractivity contribution is -0.121. The molecule has 0 aliphatic heterocycles. The van der Waals surface area contributed by atoms with Crippen molar-refractivity contribution in [3.05, 3.63) is 0 Å². The van der Waals surface area contributed by atoms with Crippen LogP contribution in [0, 0.1) is 0 Å². The van der Waals surface area contributed by atoms with Crippen molar-refractivity contribution in [2.75, 3.05) is 33.7 Å². The largest absolute Gasteiger partial charge is 0.354 e. The van der Waals surface area contributed by atoms with Gasteiger partial charge in [-0.25, -0.2) is 0 Å². The molecule has 0 radical (unpaired) electrons. The summed E-state index contributed by atoms with van der Waals surface area (Å²) in [6.45, 7) is 6.95. The molecule has 0 aliphatic rings. The standard InChI is InChI=1S/C12H27N3O/c1-5-11(2)14-12(16)7-9-13-8-6-10-15(3)4/h11,13H,5-10H2,1-4H3,(H,14,16). The number of amides is 1. The van der Waals surface area contributed by atoms with Crippen LogP contribution in [0.4, 0.5) is 0 Å². The summed E-state index contributed by atoms with van der Waals surface area (Å²) in [6, 6.07) is 0.293. The van der Waals surface area contributed by atoms with Crippen LogP contribution in [0.5, 0.6) is 0 Å². The van der Waals surface area contributed by atoms with E-state index >= 15 is 0 Å². The molecule has 0 fully saturated rings. The molecular formula is C12H27N3O. The van der Waals surface area contributed by atoms with E-state index in [9.17, 15) is 4.79 Å². The zero-order valence-corrected chi connectivity index (χ0v) is 11.2. The van der Waals surface area contributed by atoms with E-state index in [1.165, 1.54) is 0 Å². The Morgan fingerprint density at radius 2 is 2.00 bits per heavy atom. The highest BCUT2D eigenvalue weighted by Crippen LogP contribution is 1.89. The highest BCUT2D eigenvalue weighted by molar-refractivity contribution is 5.76. The third-order valence-electron chi connectivity index (χ3n) is 2.51. The minimum Gasteiger partial charge on any atom is -0.354 e. The monoisotopic (exact) mass is 229 g/mol. The van der Waals surface area contributed by atoms with Crippen molar-refractivity contribution in [1.82, 2.24) is 15.5 Å². The Bertz CT molecular complexity index is 183. The molecule has 0 heterocycles. The van der Waals surface area contributed by atoms with E-state index in [1.807, 2.05) is 6.92 Å². The molecule has 0 aromatic rings. The average molecular weight is 229 g/mol. The van der Waals surface area contributed by atoms with Gasteiger partial charge < -0.3 is 15.5 Å². The van der Waals surface area contributed by atoms with Crippen LogP contribution in [0.3, 0.4) is 0 Å². The Kier molecular flexibility index (Phi) is 9.24. The topological polar surface area (TPSA) is 44.4 Å². The van der Waals surface area contributed by atoms with E-state index in [1.54, 1.807) is 0 Å². The quantitative estimate of drug-likeness (QED) is 0.576. The second-order valence-electron chi connectivity index (χ2n) is 4.53. The molecule has 0 aromatic carbocycles. The summed E-state index contributed by atoms with van der Waals surface area (Å²) in [5.41, 5.74) is 0. The molecule has 0 aliphatic carbocycles. The summed E-state index contributed by atoms with van der Waals surface area (Å²) >= 11 is 0. The SMILES string of the molecule is CCC(C)NC(=O)CCNCCCN(C)C. The highest BCUT2D eigenvalue weighted by Gasteiger charge is 2.04. The minimum absolute atomic E-state index is 0.148. The molecule has 2 N–H and O–H groups in total. The molecule has 0 aromatic heterocycles. The van der Waals surface area contributed by atoms with Crippen molar-refractivity contribution in [3.8, 4) is 0 Å². The third-order valence-corrected chi connectivity index (χ3v) is 2.51. The molecule has 1 atom stereocenters. The highest BCUT2D eigenvalue weighted by atomic mass is 16.1. The van der Waals surface area contributed by atoms with Crippen molar-refractivity contribution in [3.63, 3.8) is 0 Å². The van der Waals surface area contributed by atoms with Gasteiger partial charge in [0.25, 0.3) is 0 Å². The van der Waals surface area contributed by atoms with Gasteiger partial charge in [0.1, 0.15) is 0 Å². The van der Waals surface area contributed by atoms with E-state index < -0.39 is 0 Å². The number of carbonyl (C=O) groups excluding carboxylic acids is 1. The minimum atomic E-state index is 0.148. The number of nitrogens with zero attached hydrogens (tertiary/aromatic N) is 1. The van der Waals surface area contributed by atoms with Gasteiger partial charge >= 0.3 is 0 Å². The molecule has 0 saturated heterocycles. The number of nitrogens with one attached hydrogen (secondary N) is 2. The molecular weight excluding hydrogens is 202 g/mol. The third kappa shape index (κ3) is 9.93. The Balaban J connectivity index is 3.28. The van der Waals surface area contributed by atoms with Gasteiger partial charge in [0, 0.05) is 19.0 Å². The fraction of sp³-hybridized carbons (Fsp3) is 0.917. The maximum absolute atomic E-state index is 11.4. The predicted octanol–water partition coefficient (Wildman–Crippen LogP) is 0.833. The Hall–Kier alpha value is -0.610. The second kappa shape index (κ2) is 9.60. The lowest BCUT2D eigenvalue weighted by Gasteiger charge is -2.12. The molecule has 96 valence electrons. The zero-order valence-electron chi connectivity index (χ0n) is 11.2. The van der Waals surface area contributed by atoms with Gasteiger partial charge in [0.15, 0.2) is 0 Å². The van der Waals surface area contributed by atoms with Crippen molar-refractivity contribution < 1.29 is 4.79 Å².